The molecule has 3 rings (SSSR count). The van der Waals surface area contributed by atoms with E-state index in [0.29, 0.717) is 23.2 Å². The van der Waals surface area contributed by atoms with Crippen molar-refractivity contribution >= 4 is 23.2 Å². The van der Waals surface area contributed by atoms with E-state index in [9.17, 15) is 9.59 Å². The number of allylic oxidation sites excluding steroid dienone is 3. The van der Waals surface area contributed by atoms with Gasteiger partial charge in [-0.05, 0) is 43.4 Å². The minimum absolute atomic E-state index is 0. The molecule has 0 radical (unpaired) electrons. The lowest BCUT2D eigenvalue weighted by Crippen LogP contribution is -2.41. The molecule has 0 heterocycles. The molecule has 3 N–H and O–H groups in total. The quantitative estimate of drug-likeness (QED) is 0.563. The van der Waals surface area contributed by atoms with Gasteiger partial charge in [-0.3, -0.25) is 9.59 Å². The summed E-state index contributed by atoms with van der Waals surface area (Å²) in [6, 6.07) is 8.92. The first kappa shape index (κ1) is 18.6. The zero-order chi connectivity index (χ0) is 18.4. The summed E-state index contributed by atoms with van der Waals surface area (Å²) >= 11 is 0. The van der Waals surface area contributed by atoms with Gasteiger partial charge in [0.15, 0.2) is 5.92 Å². The molecule has 0 aliphatic heterocycles. The van der Waals surface area contributed by atoms with Crippen LogP contribution in [0, 0.1) is 23.2 Å². The van der Waals surface area contributed by atoms with Crippen LogP contribution in [0.3, 0.4) is 0 Å². The molecule has 1 aromatic rings. The third-order valence-electron chi connectivity index (χ3n) is 4.07. The SMILES string of the molecule is CC.CC(=N)C(C(=O)NC1=CC2CC2C=C1)C(=O)Nc1ccccc1.[HH]. The highest BCUT2D eigenvalue weighted by atomic mass is 16.2. The fourth-order valence-electron chi connectivity index (χ4n) is 2.71. The summed E-state index contributed by atoms with van der Waals surface area (Å²) in [7, 11) is 0. The fraction of sp³-hybridized carbons (Fsp3) is 0.350. The maximum absolute atomic E-state index is 12.4. The van der Waals surface area contributed by atoms with E-state index >= 15 is 0 Å². The Balaban J connectivity index is 0.00000109. The van der Waals surface area contributed by atoms with Crippen LogP contribution in [0.4, 0.5) is 5.69 Å². The largest absolute Gasteiger partial charge is 0.325 e. The molecule has 1 saturated carbocycles. The van der Waals surface area contributed by atoms with E-state index in [4.69, 9.17) is 5.41 Å². The van der Waals surface area contributed by atoms with E-state index in [0.717, 1.165) is 6.42 Å². The summed E-state index contributed by atoms with van der Waals surface area (Å²) in [5.41, 5.74) is 1.34. The molecule has 2 amide bonds. The monoisotopic (exact) mass is 341 g/mol. The first-order valence-electron chi connectivity index (χ1n) is 8.66. The number of carbonyl (C=O) groups is 2. The number of hydrogen-bond donors (Lipinski definition) is 3. The number of benzene rings is 1. The number of fused-ring (bicyclic) bond motifs is 1. The molecule has 1 aromatic carbocycles. The zero-order valence-corrected chi connectivity index (χ0v) is 14.9. The van der Waals surface area contributed by atoms with Crippen LogP contribution in [-0.4, -0.2) is 17.5 Å². The Hall–Kier alpha value is -2.69. The summed E-state index contributed by atoms with van der Waals surface area (Å²) < 4.78 is 0. The third kappa shape index (κ3) is 4.89. The standard InChI is InChI=1S/C18H19N3O2.C2H6.H2/c1-11(19)16(17(22)20-14-5-3-2-4-6-14)18(23)21-15-8-7-12-9-13(12)10-15;1-2;/h2-8,10,12-13,16,19H,9H2,1H3,(H,20,22)(H,21,23);1-2H3;1H. The van der Waals surface area contributed by atoms with Crippen molar-refractivity contribution in [1.82, 2.24) is 5.32 Å². The second kappa shape index (κ2) is 8.42. The molecule has 3 atom stereocenters. The van der Waals surface area contributed by atoms with Gasteiger partial charge in [0.2, 0.25) is 11.8 Å². The maximum atomic E-state index is 12.4. The first-order valence-corrected chi connectivity index (χ1v) is 8.66. The molecule has 0 bridgehead atoms. The molecule has 3 unspecified atom stereocenters. The lowest BCUT2D eigenvalue weighted by molar-refractivity contribution is -0.129. The van der Waals surface area contributed by atoms with Crippen LogP contribution in [0.15, 0.2) is 54.3 Å². The number of nitrogens with one attached hydrogen (secondary N) is 3. The van der Waals surface area contributed by atoms with E-state index < -0.39 is 17.7 Å². The van der Waals surface area contributed by atoms with E-state index in [1.165, 1.54) is 6.92 Å². The van der Waals surface area contributed by atoms with Crippen molar-refractivity contribution < 1.29 is 11.0 Å². The minimum atomic E-state index is -1.14. The van der Waals surface area contributed by atoms with Crippen LogP contribution in [0.5, 0.6) is 0 Å². The van der Waals surface area contributed by atoms with Gasteiger partial charge in [0, 0.05) is 18.5 Å². The van der Waals surface area contributed by atoms with E-state index in [1.807, 2.05) is 32.1 Å². The third-order valence-corrected chi connectivity index (χ3v) is 4.07. The van der Waals surface area contributed by atoms with Crippen molar-refractivity contribution in [2.75, 3.05) is 5.32 Å². The van der Waals surface area contributed by atoms with Crippen LogP contribution < -0.4 is 10.6 Å². The number of carbonyl (C=O) groups excluding carboxylic acids is 2. The highest BCUT2D eigenvalue weighted by Crippen LogP contribution is 2.43. The number of amides is 2. The molecule has 2 aliphatic rings. The molecule has 0 spiro atoms. The summed E-state index contributed by atoms with van der Waals surface area (Å²) in [6.07, 6.45) is 7.10. The predicted molar refractivity (Wildman–Crippen MR) is 102 cm³/mol. The molecule has 5 heteroatoms. The van der Waals surface area contributed by atoms with Crippen LogP contribution in [0.2, 0.25) is 0 Å². The number of rotatable bonds is 5. The lowest BCUT2D eigenvalue weighted by atomic mass is 10.0. The first-order chi connectivity index (χ1) is 12.0. The van der Waals surface area contributed by atoms with Crippen LogP contribution in [0.25, 0.3) is 0 Å². The Labute approximate surface area is 150 Å². The van der Waals surface area contributed by atoms with E-state index in [1.54, 1.807) is 24.3 Å². The van der Waals surface area contributed by atoms with Gasteiger partial charge in [-0.2, -0.15) is 0 Å². The summed E-state index contributed by atoms with van der Waals surface area (Å²) in [4.78, 5) is 24.8. The highest BCUT2D eigenvalue weighted by Gasteiger charge is 2.36. The van der Waals surface area contributed by atoms with Crippen molar-refractivity contribution in [2.24, 2.45) is 17.8 Å². The molecule has 134 valence electrons. The lowest BCUT2D eigenvalue weighted by Gasteiger charge is -2.17. The number of hydrogen-bond acceptors (Lipinski definition) is 3. The fourth-order valence-corrected chi connectivity index (χ4v) is 2.71. The molecular weight excluding hydrogens is 314 g/mol. The van der Waals surface area contributed by atoms with Crippen LogP contribution >= 0.6 is 0 Å². The van der Waals surface area contributed by atoms with Gasteiger partial charge in [-0.15, -0.1) is 0 Å². The Kier molecular flexibility index (Phi) is 6.28. The van der Waals surface area contributed by atoms with Crippen molar-refractivity contribution in [3.8, 4) is 0 Å². The van der Waals surface area contributed by atoms with Crippen molar-refractivity contribution in [2.45, 2.75) is 27.2 Å². The Bertz CT molecular complexity index is 713. The smallest absolute Gasteiger partial charge is 0.242 e. The Morgan fingerprint density at radius 1 is 1.12 bits per heavy atom. The molecule has 1 fully saturated rings. The minimum Gasteiger partial charge on any atom is -0.325 e. The molecule has 0 aromatic heterocycles. The predicted octanol–water partition coefficient (Wildman–Crippen LogP) is 3.76. The van der Waals surface area contributed by atoms with Gasteiger partial charge >= 0.3 is 0 Å². The Morgan fingerprint density at radius 3 is 2.36 bits per heavy atom. The van der Waals surface area contributed by atoms with Crippen LogP contribution in [0.1, 0.15) is 28.6 Å². The molecule has 2 aliphatic carbocycles. The average molecular weight is 341 g/mol. The summed E-state index contributed by atoms with van der Waals surface area (Å²) in [6.45, 7) is 5.47. The van der Waals surface area contributed by atoms with Crippen molar-refractivity contribution in [3.05, 3.63) is 54.3 Å². The van der Waals surface area contributed by atoms with Crippen molar-refractivity contribution in [3.63, 3.8) is 0 Å². The van der Waals surface area contributed by atoms with Gasteiger partial charge in [0.05, 0.1) is 0 Å². The Morgan fingerprint density at radius 2 is 1.76 bits per heavy atom. The molecule has 5 nitrogen and oxygen atoms in total. The molecule has 0 saturated heterocycles. The molecule has 25 heavy (non-hydrogen) atoms. The topological polar surface area (TPSA) is 82.1 Å². The van der Waals surface area contributed by atoms with Gasteiger partial charge < -0.3 is 16.0 Å². The van der Waals surface area contributed by atoms with Gasteiger partial charge in [0.1, 0.15) is 0 Å². The second-order valence-electron chi connectivity index (χ2n) is 6.01. The van der Waals surface area contributed by atoms with Crippen molar-refractivity contribution in [1.29, 1.82) is 5.41 Å². The normalized spacial score (nSPS) is 20.8. The molecular formula is C20H27N3O2. The number of para-hydroxylation sites is 1. The van der Waals surface area contributed by atoms with Crippen LogP contribution in [-0.2, 0) is 9.59 Å². The summed E-state index contributed by atoms with van der Waals surface area (Å²) in [5, 5.41) is 13.2. The number of anilines is 1. The van der Waals surface area contributed by atoms with Gasteiger partial charge in [-0.25, -0.2) is 0 Å². The van der Waals surface area contributed by atoms with E-state index in [-0.39, 0.29) is 7.14 Å². The zero-order valence-electron chi connectivity index (χ0n) is 14.9. The highest BCUT2D eigenvalue weighted by molar-refractivity contribution is 6.21. The van der Waals surface area contributed by atoms with Gasteiger partial charge in [0.25, 0.3) is 0 Å². The maximum Gasteiger partial charge on any atom is 0.242 e. The van der Waals surface area contributed by atoms with Gasteiger partial charge in [-0.1, -0.05) is 44.2 Å². The summed E-state index contributed by atoms with van der Waals surface area (Å²) in [5.74, 6) is -0.987. The average Bonchev–Trinajstić information content (AvgIpc) is 3.36. The second-order valence-corrected chi connectivity index (χ2v) is 6.01. The van der Waals surface area contributed by atoms with E-state index in [2.05, 4.69) is 16.7 Å².